The van der Waals surface area contributed by atoms with Gasteiger partial charge in [0.1, 0.15) is 5.82 Å². The summed E-state index contributed by atoms with van der Waals surface area (Å²) >= 11 is 0. The van der Waals surface area contributed by atoms with E-state index in [0.29, 0.717) is 12.0 Å². The number of hydrogen-bond donors (Lipinski definition) is 1. The number of nitrogens with zero attached hydrogens (tertiary/aromatic N) is 1. The Morgan fingerprint density at radius 2 is 2.16 bits per heavy atom. The Labute approximate surface area is 116 Å². The van der Waals surface area contributed by atoms with Gasteiger partial charge < -0.3 is 10.2 Å². The first-order valence-corrected chi connectivity index (χ1v) is 7.26. The summed E-state index contributed by atoms with van der Waals surface area (Å²) in [5.74, 6) is 0.533. The quantitative estimate of drug-likeness (QED) is 0.898. The molecule has 2 rings (SSSR count). The number of piperidine rings is 1. The lowest BCUT2D eigenvalue weighted by Gasteiger charge is -2.35. The molecule has 3 atom stereocenters. The van der Waals surface area contributed by atoms with Crippen LogP contribution in [-0.2, 0) is 0 Å². The van der Waals surface area contributed by atoms with Crippen molar-refractivity contribution in [3.63, 3.8) is 0 Å². The zero-order valence-electron chi connectivity index (χ0n) is 12.2. The van der Waals surface area contributed by atoms with Crippen molar-refractivity contribution in [1.82, 2.24) is 10.2 Å². The van der Waals surface area contributed by atoms with Crippen LogP contribution in [0.15, 0.2) is 24.3 Å². The molecule has 0 amide bonds. The SMILES string of the molecule is CC(N[C@@H](C)c1cccc(F)c1)C1CCCN(C)C1. The second-order valence-electron chi connectivity index (χ2n) is 5.90. The highest BCUT2D eigenvalue weighted by atomic mass is 19.1. The second kappa shape index (κ2) is 6.49. The smallest absolute Gasteiger partial charge is 0.123 e. The molecule has 0 saturated carbocycles. The minimum atomic E-state index is -0.156. The summed E-state index contributed by atoms with van der Waals surface area (Å²) in [7, 11) is 2.19. The summed E-state index contributed by atoms with van der Waals surface area (Å²) in [4.78, 5) is 2.40. The molecular formula is C16H25FN2. The van der Waals surface area contributed by atoms with E-state index >= 15 is 0 Å². The van der Waals surface area contributed by atoms with Crippen LogP contribution in [-0.4, -0.2) is 31.1 Å². The molecule has 1 N–H and O–H groups in total. The maximum Gasteiger partial charge on any atom is 0.123 e. The van der Waals surface area contributed by atoms with E-state index in [9.17, 15) is 4.39 Å². The first kappa shape index (κ1) is 14.5. The fraction of sp³-hybridized carbons (Fsp3) is 0.625. The molecule has 0 spiro atoms. The Bertz CT molecular complexity index is 407. The molecule has 0 bridgehead atoms. The van der Waals surface area contributed by atoms with Crippen LogP contribution in [0, 0.1) is 11.7 Å². The van der Waals surface area contributed by atoms with E-state index in [1.54, 1.807) is 12.1 Å². The average molecular weight is 264 g/mol. The first-order chi connectivity index (χ1) is 9.06. The van der Waals surface area contributed by atoms with Gasteiger partial charge in [0.05, 0.1) is 0 Å². The van der Waals surface area contributed by atoms with Crippen LogP contribution in [0.25, 0.3) is 0 Å². The minimum absolute atomic E-state index is 0.156. The Morgan fingerprint density at radius 3 is 2.84 bits per heavy atom. The van der Waals surface area contributed by atoms with Crippen molar-refractivity contribution in [2.45, 2.75) is 38.8 Å². The molecule has 2 nitrogen and oxygen atoms in total. The second-order valence-corrected chi connectivity index (χ2v) is 5.90. The van der Waals surface area contributed by atoms with Crippen LogP contribution >= 0.6 is 0 Å². The molecular weight excluding hydrogens is 239 g/mol. The highest BCUT2D eigenvalue weighted by molar-refractivity contribution is 5.19. The topological polar surface area (TPSA) is 15.3 Å². The summed E-state index contributed by atoms with van der Waals surface area (Å²) in [6, 6.07) is 7.54. The molecule has 1 aromatic rings. The van der Waals surface area contributed by atoms with Gasteiger partial charge in [-0.3, -0.25) is 0 Å². The number of benzene rings is 1. The van der Waals surface area contributed by atoms with Gasteiger partial charge in [-0.05, 0) is 63.9 Å². The first-order valence-electron chi connectivity index (χ1n) is 7.26. The lowest BCUT2D eigenvalue weighted by atomic mass is 9.91. The van der Waals surface area contributed by atoms with E-state index in [-0.39, 0.29) is 11.9 Å². The molecule has 0 aliphatic carbocycles. The highest BCUT2D eigenvalue weighted by Crippen LogP contribution is 2.21. The van der Waals surface area contributed by atoms with Gasteiger partial charge in [0.15, 0.2) is 0 Å². The molecule has 1 fully saturated rings. The third kappa shape index (κ3) is 4.02. The molecule has 0 radical (unpaired) electrons. The van der Waals surface area contributed by atoms with Gasteiger partial charge in [0, 0.05) is 18.6 Å². The van der Waals surface area contributed by atoms with Crippen molar-refractivity contribution in [2.24, 2.45) is 5.92 Å². The molecule has 19 heavy (non-hydrogen) atoms. The van der Waals surface area contributed by atoms with Gasteiger partial charge in [0.2, 0.25) is 0 Å². The van der Waals surface area contributed by atoms with E-state index in [4.69, 9.17) is 0 Å². The molecule has 106 valence electrons. The zero-order valence-corrected chi connectivity index (χ0v) is 12.2. The molecule has 3 heteroatoms. The Hall–Kier alpha value is -0.930. The summed E-state index contributed by atoms with van der Waals surface area (Å²) in [6.07, 6.45) is 2.57. The third-order valence-corrected chi connectivity index (χ3v) is 4.23. The van der Waals surface area contributed by atoms with Crippen molar-refractivity contribution in [3.05, 3.63) is 35.6 Å². The van der Waals surface area contributed by atoms with Crippen molar-refractivity contribution in [1.29, 1.82) is 0 Å². The van der Waals surface area contributed by atoms with Gasteiger partial charge in [-0.25, -0.2) is 4.39 Å². The lowest BCUT2D eigenvalue weighted by Crippen LogP contribution is -2.43. The van der Waals surface area contributed by atoms with Crippen molar-refractivity contribution >= 4 is 0 Å². The van der Waals surface area contributed by atoms with Gasteiger partial charge in [0.25, 0.3) is 0 Å². The largest absolute Gasteiger partial charge is 0.307 e. The Kier molecular flexibility index (Phi) is 4.94. The molecule has 1 heterocycles. The van der Waals surface area contributed by atoms with E-state index in [1.807, 2.05) is 6.07 Å². The fourth-order valence-electron chi connectivity index (χ4n) is 3.02. The third-order valence-electron chi connectivity index (χ3n) is 4.23. The Morgan fingerprint density at radius 1 is 1.37 bits per heavy atom. The van der Waals surface area contributed by atoms with E-state index < -0.39 is 0 Å². The summed E-state index contributed by atoms with van der Waals surface area (Å²) < 4.78 is 13.2. The lowest BCUT2D eigenvalue weighted by molar-refractivity contribution is 0.174. The minimum Gasteiger partial charge on any atom is -0.307 e. The molecule has 1 aliphatic heterocycles. The fourth-order valence-corrected chi connectivity index (χ4v) is 3.02. The number of likely N-dealkylation sites (tertiary alicyclic amines) is 1. The van der Waals surface area contributed by atoms with Crippen LogP contribution < -0.4 is 5.32 Å². The van der Waals surface area contributed by atoms with Crippen molar-refractivity contribution in [2.75, 3.05) is 20.1 Å². The van der Waals surface area contributed by atoms with Crippen LogP contribution in [0.3, 0.4) is 0 Å². The van der Waals surface area contributed by atoms with Crippen molar-refractivity contribution in [3.8, 4) is 0 Å². The van der Waals surface area contributed by atoms with Crippen LogP contribution in [0.2, 0.25) is 0 Å². The zero-order chi connectivity index (χ0) is 13.8. The normalized spacial score (nSPS) is 24.1. The Balaban J connectivity index is 1.92. The number of halogens is 1. The summed E-state index contributed by atoms with van der Waals surface area (Å²) in [5.41, 5.74) is 1.02. The highest BCUT2D eigenvalue weighted by Gasteiger charge is 2.23. The monoisotopic (exact) mass is 264 g/mol. The van der Waals surface area contributed by atoms with Gasteiger partial charge in [-0.2, -0.15) is 0 Å². The molecule has 1 saturated heterocycles. The van der Waals surface area contributed by atoms with Crippen LogP contribution in [0.5, 0.6) is 0 Å². The van der Waals surface area contributed by atoms with E-state index in [2.05, 4.69) is 31.1 Å². The van der Waals surface area contributed by atoms with Crippen LogP contribution in [0.4, 0.5) is 4.39 Å². The van der Waals surface area contributed by atoms with Gasteiger partial charge in [-0.1, -0.05) is 12.1 Å². The number of rotatable bonds is 4. The predicted octanol–water partition coefficient (Wildman–Crippen LogP) is 3.21. The maximum absolute atomic E-state index is 13.2. The molecule has 0 aromatic heterocycles. The van der Waals surface area contributed by atoms with Crippen molar-refractivity contribution < 1.29 is 4.39 Å². The maximum atomic E-state index is 13.2. The number of hydrogen-bond acceptors (Lipinski definition) is 2. The molecule has 2 unspecified atom stereocenters. The average Bonchev–Trinajstić information content (AvgIpc) is 2.38. The van der Waals surface area contributed by atoms with Gasteiger partial charge >= 0.3 is 0 Å². The summed E-state index contributed by atoms with van der Waals surface area (Å²) in [6.45, 7) is 6.73. The van der Waals surface area contributed by atoms with E-state index in [1.165, 1.54) is 25.5 Å². The summed E-state index contributed by atoms with van der Waals surface area (Å²) in [5, 5.41) is 3.62. The molecule has 1 aromatic carbocycles. The predicted molar refractivity (Wildman–Crippen MR) is 77.6 cm³/mol. The van der Waals surface area contributed by atoms with Crippen LogP contribution in [0.1, 0.15) is 38.3 Å². The van der Waals surface area contributed by atoms with Gasteiger partial charge in [-0.15, -0.1) is 0 Å². The van der Waals surface area contributed by atoms with E-state index in [0.717, 1.165) is 12.1 Å². The molecule has 1 aliphatic rings. The number of nitrogens with one attached hydrogen (secondary N) is 1. The standard InChI is InChI=1S/C16H25FN2/c1-12(14-6-4-8-16(17)10-14)18-13(2)15-7-5-9-19(3)11-15/h4,6,8,10,12-13,15,18H,5,7,9,11H2,1-3H3/t12-,13?,15?/m0/s1.